The molecule has 0 aliphatic carbocycles. The van der Waals surface area contributed by atoms with Crippen LogP contribution in [-0.4, -0.2) is 29.4 Å². The normalized spacial score (nSPS) is 13.2. The molecule has 1 heterocycles. The predicted octanol–water partition coefficient (Wildman–Crippen LogP) is -0.201. The van der Waals surface area contributed by atoms with E-state index in [1.165, 1.54) is 11.3 Å². The van der Waals surface area contributed by atoms with Crippen LogP contribution < -0.4 is 10.2 Å². The van der Waals surface area contributed by atoms with E-state index in [4.69, 9.17) is 0 Å². The van der Waals surface area contributed by atoms with Gasteiger partial charge < -0.3 is 15.0 Å². The van der Waals surface area contributed by atoms with E-state index in [9.17, 15) is 9.90 Å². The third-order valence-electron chi connectivity index (χ3n) is 1.81. The monoisotopic (exact) mass is 202 g/mol. The Kier molecular flexibility index (Phi) is 3.65. The Hall–Kier alpha value is -0.650. The molecule has 74 valence electrons. The van der Waals surface area contributed by atoms with Crippen LogP contribution >= 0.6 is 11.3 Å². The van der Waals surface area contributed by atoms with Gasteiger partial charge in [0.15, 0.2) is 0 Å². The van der Waals surface area contributed by atoms with Crippen LogP contribution in [0.25, 0.3) is 0 Å². The summed E-state index contributed by atoms with van der Waals surface area (Å²) in [5.41, 5.74) is 0.908. The number of aliphatic hydroxyl groups is 1. The van der Waals surface area contributed by atoms with Crippen LogP contribution in [0.3, 0.4) is 0 Å². The van der Waals surface area contributed by atoms with Gasteiger partial charge in [0, 0.05) is 17.6 Å². The standard InChI is InChI=1S/C8H14N2O2S/c1-6-5-13-8(12)10(6)4-7(11)3-9-2/h5,7,9,11H,3-4H2,1-2H3. The van der Waals surface area contributed by atoms with Crippen molar-refractivity contribution in [3.8, 4) is 0 Å². The zero-order chi connectivity index (χ0) is 9.84. The van der Waals surface area contributed by atoms with E-state index < -0.39 is 6.10 Å². The number of nitrogens with one attached hydrogen (secondary N) is 1. The van der Waals surface area contributed by atoms with Crippen LogP contribution in [0.15, 0.2) is 10.2 Å². The van der Waals surface area contributed by atoms with E-state index >= 15 is 0 Å². The Labute approximate surface area is 80.8 Å². The maximum atomic E-state index is 11.2. The van der Waals surface area contributed by atoms with Gasteiger partial charge in [-0.15, -0.1) is 0 Å². The number of likely N-dealkylation sites (N-methyl/N-ethyl adjacent to an activating group) is 1. The Morgan fingerprint density at radius 2 is 2.46 bits per heavy atom. The molecule has 0 bridgehead atoms. The smallest absolute Gasteiger partial charge is 0.307 e. The van der Waals surface area contributed by atoms with Crippen molar-refractivity contribution in [1.82, 2.24) is 9.88 Å². The number of aryl methyl sites for hydroxylation is 1. The molecule has 0 radical (unpaired) electrons. The maximum Gasteiger partial charge on any atom is 0.307 e. The molecular weight excluding hydrogens is 188 g/mol. The Bertz CT molecular complexity index is 318. The minimum absolute atomic E-state index is 0.00680. The summed E-state index contributed by atoms with van der Waals surface area (Å²) in [6, 6.07) is 0. The highest BCUT2D eigenvalue weighted by Crippen LogP contribution is 2.00. The molecular formula is C8H14N2O2S. The number of nitrogens with zero attached hydrogens (tertiary/aromatic N) is 1. The second-order valence-corrected chi connectivity index (χ2v) is 3.79. The number of aliphatic hydroxyl groups excluding tert-OH is 1. The quantitative estimate of drug-likeness (QED) is 0.711. The molecule has 0 aliphatic rings. The van der Waals surface area contributed by atoms with Crippen molar-refractivity contribution < 1.29 is 5.11 Å². The minimum Gasteiger partial charge on any atom is -0.390 e. The maximum absolute atomic E-state index is 11.2. The molecule has 0 aromatic carbocycles. The van der Waals surface area contributed by atoms with E-state index in [-0.39, 0.29) is 4.87 Å². The number of rotatable bonds is 4. The fourth-order valence-corrected chi connectivity index (χ4v) is 1.88. The number of hydrogen-bond acceptors (Lipinski definition) is 4. The molecule has 5 heteroatoms. The third kappa shape index (κ3) is 2.65. The number of thiazole rings is 1. The van der Waals surface area contributed by atoms with E-state index in [0.29, 0.717) is 13.1 Å². The fourth-order valence-electron chi connectivity index (χ4n) is 1.14. The van der Waals surface area contributed by atoms with Crippen LogP contribution in [0.1, 0.15) is 5.69 Å². The number of hydrogen-bond donors (Lipinski definition) is 2. The summed E-state index contributed by atoms with van der Waals surface area (Å²) in [5.74, 6) is 0. The molecule has 0 fully saturated rings. The Morgan fingerprint density at radius 1 is 1.77 bits per heavy atom. The van der Waals surface area contributed by atoms with Gasteiger partial charge in [-0.05, 0) is 14.0 Å². The van der Waals surface area contributed by atoms with Crippen molar-refractivity contribution in [2.24, 2.45) is 0 Å². The van der Waals surface area contributed by atoms with Crippen LogP contribution in [0, 0.1) is 6.92 Å². The van der Waals surface area contributed by atoms with Gasteiger partial charge in [-0.1, -0.05) is 11.3 Å². The first-order valence-corrected chi connectivity index (χ1v) is 5.00. The summed E-state index contributed by atoms with van der Waals surface area (Å²) >= 11 is 1.17. The molecule has 4 nitrogen and oxygen atoms in total. The predicted molar refractivity (Wildman–Crippen MR) is 53.2 cm³/mol. The zero-order valence-corrected chi connectivity index (χ0v) is 8.60. The largest absolute Gasteiger partial charge is 0.390 e. The van der Waals surface area contributed by atoms with Crippen molar-refractivity contribution in [2.45, 2.75) is 19.6 Å². The van der Waals surface area contributed by atoms with E-state index in [0.717, 1.165) is 5.69 Å². The molecule has 1 aromatic heterocycles. The molecule has 1 unspecified atom stereocenters. The second-order valence-electron chi connectivity index (χ2n) is 2.97. The SMILES string of the molecule is CNCC(O)Cn1c(C)csc1=O. The molecule has 0 saturated heterocycles. The molecule has 0 aliphatic heterocycles. The molecule has 13 heavy (non-hydrogen) atoms. The lowest BCUT2D eigenvalue weighted by molar-refractivity contribution is 0.152. The van der Waals surface area contributed by atoms with Crippen LogP contribution in [0.5, 0.6) is 0 Å². The molecule has 1 rings (SSSR count). The van der Waals surface area contributed by atoms with Gasteiger partial charge in [0.25, 0.3) is 0 Å². The lowest BCUT2D eigenvalue weighted by Crippen LogP contribution is -2.31. The van der Waals surface area contributed by atoms with Crippen molar-refractivity contribution in [3.63, 3.8) is 0 Å². The second kappa shape index (κ2) is 4.55. The summed E-state index contributed by atoms with van der Waals surface area (Å²) in [5, 5.41) is 14.1. The first-order chi connectivity index (χ1) is 6.15. The highest BCUT2D eigenvalue weighted by Gasteiger charge is 2.08. The first-order valence-electron chi connectivity index (χ1n) is 4.12. The van der Waals surface area contributed by atoms with Crippen LogP contribution in [0.4, 0.5) is 0 Å². The van der Waals surface area contributed by atoms with Gasteiger partial charge in [-0.2, -0.15) is 0 Å². The highest BCUT2D eigenvalue weighted by atomic mass is 32.1. The topological polar surface area (TPSA) is 54.3 Å². The molecule has 2 N–H and O–H groups in total. The fraction of sp³-hybridized carbons (Fsp3) is 0.625. The summed E-state index contributed by atoms with van der Waals surface area (Å²) in [6.07, 6.45) is -0.504. The Balaban J connectivity index is 2.68. The number of aromatic nitrogens is 1. The third-order valence-corrected chi connectivity index (χ3v) is 2.69. The van der Waals surface area contributed by atoms with Gasteiger partial charge in [0.1, 0.15) is 0 Å². The van der Waals surface area contributed by atoms with Crippen molar-refractivity contribution >= 4 is 11.3 Å². The highest BCUT2D eigenvalue weighted by molar-refractivity contribution is 7.07. The van der Waals surface area contributed by atoms with Crippen molar-refractivity contribution in [3.05, 3.63) is 20.7 Å². The van der Waals surface area contributed by atoms with Crippen molar-refractivity contribution in [1.29, 1.82) is 0 Å². The lowest BCUT2D eigenvalue weighted by Gasteiger charge is -2.10. The van der Waals surface area contributed by atoms with Gasteiger partial charge in [0.05, 0.1) is 12.6 Å². The molecule has 0 saturated carbocycles. The minimum atomic E-state index is -0.504. The average molecular weight is 202 g/mol. The van der Waals surface area contributed by atoms with Gasteiger partial charge >= 0.3 is 4.87 Å². The van der Waals surface area contributed by atoms with Gasteiger partial charge in [-0.3, -0.25) is 4.79 Å². The van der Waals surface area contributed by atoms with E-state index in [1.54, 1.807) is 17.0 Å². The summed E-state index contributed by atoms with van der Waals surface area (Å²) in [6.45, 7) is 2.74. The van der Waals surface area contributed by atoms with E-state index in [1.807, 2.05) is 6.92 Å². The first kappa shape index (κ1) is 10.4. The lowest BCUT2D eigenvalue weighted by atomic mass is 10.3. The zero-order valence-electron chi connectivity index (χ0n) is 7.78. The molecule has 1 atom stereocenters. The molecule has 1 aromatic rings. The van der Waals surface area contributed by atoms with Gasteiger partial charge in [-0.25, -0.2) is 0 Å². The van der Waals surface area contributed by atoms with Crippen LogP contribution in [-0.2, 0) is 6.54 Å². The van der Waals surface area contributed by atoms with E-state index in [2.05, 4.69) is 5.32 Å². The summed E-state index contributed by atoms with van der Waals surface area (Å²) < 4.78 is 1.59. The molecule has 0 amide bonds. The Morgan fingerprint density at radius 3 is 2.92 bits per heavy atom. The van der Waals surface area contributed by atoms with Crippen LogP contribution in [0.2, 0.25) is 0 Å². The average Bonchev–Trinajstić information content (AvgIpc) is 2.36. The van der Waals surface area contributed by atoms with Gasteiger partial charge in [0.2, 0.25) is 0 Å². The molecule has 0 spiro atoms. The summed E-state index contributed by atoms with van der Waals surface area (Å²) in [7, 11) is 1.77. The summed E-state index contributed by atoms with van der Waals surface area (Å²) in [4.78, 5) is 11.2. The van der Waals surface area contributed by atoms with Crippen molar-refractivity contribution in [2.75, 3.05) is 13.6 Å².